The predicted octanol–water partition coefficient (Wildman–Crippen LogP) is 3.67. The molecule has 0 heterocycles. The van der Waals surface area contributed by atoms with Crippen LogP contribution in [-0.4, -0.2) is 12.6 Å². The Balaban J connectivity index is 2.33. The number of nitrogens with two attached hydrogens (primary N) is 1. The van der Waals surface area contributed by atoms with Gasteiger partial charge in [-0.15, -0.1) is 0 Å². The van der Waals surface area contributed by atoms with Gasteiger partial charge in [0.1, 0.15) is 0 Å². The number of rotatable bonds is 4. The van der Waals surface area contributed by atoms with Crippen molar-refractivity contribution in [2.45, 2.75) is 38.4 Å². The molecular weight excluding hydrogens is 241 g/mol. The number of nitrogen functional groups attached to an aromatic ring is 1. The lowest BCUT2D eigenvalue weighted by Gasteiger charge is -2.25. The normalized spacial score (nSPS) is 15.8. The van der Waals surface area contributed by atoms with E-state index in [9.17, 15) is 13.2 Å². The summed E-state index contributed by atoms with van der Waals surface area (Å²) in [6.07, 6.45) is -1.35. The minimum Gasteiger partial charge on any atom is -0.398 e. The molecule has 1 aliphatic rings. The maximum atomic E-state index is 12.8. The van der Waals surface area contributed by atoms with E-state index in [0.29, 0.717) is 11.7 Å². The van der Waals surface area contributed by atoms with Gasteiger partial charge in [0.2, 0.25) is 0 Å². The van der Waals surface area contributed by atoms with E-state index < -0.39 is 11.7 Å². The summed E-state index contributed by atoms with van der Waals surface area (Å²) in [5.74, 6) is 0. The molecule has 0 unspecified atom stereocenters. The second-order valence-electron chi connectivity index (χ2n) is 4.69. The third kappa shape index (κ3) is 2.71. The first-order valence-corrected chi connectivity index (χ1v) is 6.17. The number of halogens is 3. The molecule has 0 atom stereocenters. The monoisotopic (exact) mass is 258 g/mol. The van der Waals surface area contributed by atoms with E-state index in [4.69, 9.17) is 5.73 Å². The molecule has 2 N–H and O–H groups in total. The molecule has 1 aliphatic carbocycles. The Morgan fingerprint density at radius 2 is 2.00 bits per heavy atom. The molecule has 0 aromatic heterocycles. The highest BCUT2D eigenvalue weighted by molar-refractivity contribution is 5.60. The fourth-order valence-electron chi connectivity index (χ4n) is 2.12. The largest absolute Gasteiger partial charge is 0.418 e. The van der Waals surface area contributed by atoms with Crippen molar-refractivity contribution in [3.63, 3.8) is 0 Å². The van der Waals surface area contributed by atoms with Crippen molar-refractivity contribution in [2.24, 2.45) is 0 Å². The fraction of sp³-hybridized carbons (Fsp3) is 0.538. The maximum Gasteiger partial charge on any atom is 0.418 e. The number of anilines is 2. The molecule has 1 aromatic rings. The van der Waals surface area contributed by atoms with Crippen molar-refractivity contribution in [2.75, 3.05) is 17.2 Å². The van der Waals surface area contributed by atoms with Gasteiger partial charge in [0, 0.05) is 24.0 Å². The zero-order valence-corrected chi connectivity index (χ0v) is 10.3. The van der Waals surface area contributed by atoms with Gasteiger partial charge in [0.05, 0.1) is 5.56 Å². The van der Waals surface area contributed by atoms with Gasteiger partial charge < -0.3 is 10.6 Å². The highest BCUT2D eigenvalue weighted by atomic mass is 19.4. The first kappa shape index (κ1) is 13.1. The second kappa shape index (κ2) is 4.71. The molecule has 1 fully saturated rings. The molecule has 0 radical (unpaired) electrons. The molecule has 1 saturated carbocycles. The van der Waals surface area contributed by atoms with Gasteiger partial charge in [-0.2, -0.15) is 13.2 Å². The molecule has 2 nitrogen and oxygen atoms in total. The molecule has 100 valence electrons. The SMILES string of the molecule is CCCN(c1ccc(N)c(C(F)(F)F)c1)C1CC1. The lowest BCUT2D eigenvalue weighted by molar-refractivity contribution is -0.136. The van der Waals surface area contributed by atoms with E-state index >= 15 is 0 Å². The molecular formula is C13H17F3N2. The zero-order chi connectivity index (χ0) is 13.3. The average Bonchev–Trinajstić information content (AvgIpc) is 3.09. The van der Waals surface area contributed by atoms with E-state index in [1.165, 1.54) is 12.1 Å². The van der Waals surface area contributed by atoms with Crippen molar-refractivity contribution < 1.29 is 13.2 Å². The highest BCUT2D eigenvalue weighted by Crippen LogP contribution is 2.38. The molecule has 5 heteroatoms. The highest BCUT2D eigenvalue weighted by Gasteiger charge is 2.35. The van der Waals surface area contributed by atoms with Crippen LogP contribution in [-0.2, 0) is 6.18 Å². The number of alkyl halides is 3. The lowest BCUT2D eigenvalue weighted by Crippen LogP contribution is -2.26. The van der Waals surface area contributed by atoms with Crippen LogP contribution in [0.1, 0.15) is 31.7 Å². The summed E-state index contributed by atoms with van der Waals surface area (Å²) in [6, 6.07) is 4.60. The van der Waals surface area contributed by atoms with Gasteiger partial charge in [-0.25, -0.2) is 0 Å². The zero-order valence-electron chi connectivity index (χ0n) is 10.3. The number of nitrogens with zero attached hydrogens (tertiary/aromatic N) is 1. The molecule has 0 bridgehead atoms. The van der Waals surface area contributed by atoms with Crippen molar-refractivity contribution in [3.8, 4) is 0 Å². The maximum absolute atomic E-state index is 12.8. The summed E-state index contributed by atoms with van der Waals surface area (Å²) in [6.45, 7) is 2.81. The van der Waals surface area contributed by atoms with Crippen LogP contribution in [0.2, 0.25) is 0 Å². The Bertz CT molecular complexity index is 425. The summed E-state index contributed by atoms with van der Waals surface area (Å²) in [4.78, 5) is 2.05. The Labute approximate surface area is 105 Å². The van der Waals surface area contributed by atoms with Gasteiger partial charge >= 0.3 is 6.18 Å². The summed E-state index contributed by atoms with van der Waals surface area (Å²) < 4.78 is 38.4. The van der Waals surface area contributed by atoms with Gasteiger partial charge in [-0.3, -0.25) is 0 Å². The van der Waals surface area contributed by atoms with Crippen LogP contribution in [0.5, 0.6) is 0 Å². The lowest BCUT2D eigenvalue weighted by atomic mass is 10.1. The minimum atomic E-state index is -4.39. The van der Waals surface area contributed by atoms with Gasteiger partial charge in [-0.05, 0) is 37.5 Å². The number of hydrogen-bond donors (Lipinski definition) is 1. The molecule has 2 rings (SSSR count). The van der Waals surface area contributed by atoms with Crippen LogP contribution >= 0.6 is 0 Å². The van der Waals surface area contributed by atoms with E-state index in [-0.39, 0.29) is 5.69 Å². The van der Waals surface area contributed by atoms with Crippen molar-refractivity contribution in [1.82, 2.24) is 0 Å². The Morgan fingerprint density at radius 3 is 2.50 bits per heavy atom. The van der Waals surface area contributed by atoms with Gasteiger partial charge in [-0.1, -0.05) is 6.92 Å². The topological polar surface area (TPSA) is 29.3 Å². The van der Waals surface area contributed by atoms with Crippen molar-refractivity contribution >= 4 is 11.4 Å². The predicted molar refractivity (Wildman–Crippen MR) is 66.5 cm³/mol. The van der Waals surface area contributed by atoms with Crippen molar-refractivity contribution in [1.29, 1.82) is 0 Å². The first-order chi connectivity index (χ1) is 8.43. The van der Waals surface area contributed by atoms with E-state index in [1.54, 1.807) is 6.07 Å². The standard InChI is InChI=1S/C13H17F3N2/c1-2-7-18(9-3-4-9)10-5-6-12(17)11(8-10)13(14,15)16/h5-6,8-9H,2-4,7,17H2,1H3. The van der Waals surface area contributed by atoms with Crippen LogP contribution in [0, 0.1) is 0 Å². The Kier molecular flexibility index (Phi) is 3.41. The van der Waals surface area contributed by atoms with Crippen molar-refractivity contribution in [3.05, 3.63) is 23.8 Å². The third-order valence-corrected chi connectivity index (χ3v) is 3.13. The molecule has 0 amide bonds. The van der Waals surface area contributed by atoms with Gasteiger partial charge in [0.25, 0.3) is 0 Å². The van der Waals surface area contributed by atoms with E-state index in [1.807, 2.05) is 6.92 Å². The minimum absolute atomic E-state index is 0.210. The molecule has 0 saturated heterocycles. The summed E-state index contributed by atoms with van der Waals surface area (Å²) in [5, 5.41) is 0. The van der Waals surface area contributed by atoms with Crippen LogP contribution in [0.3, 0.4) is 0 Å². The Morgan fingerprint density at radius 1 is 1.33 bits per heavy atom. The van der Waals surface area contributed by atoms with Gasteiger partial charge in [0.15, 0.2) is 0 Å². The molecule has 18 heavy (non-hydrogen) atoms. The number of benzene rings is 1. The summed E-state index contributed by atoms with van der Waals surface area (Å²) in [5.41, 5.74) is 5.08. The van der Waals surface area contributed by atoms with Crippen LogP contribution in [0.15, 0.2) is 18.2 Å². The molecule has 1 aromatic carbocycles. The molecule has 0 aliphatic heterocycles. The second-order valence-corrected chi connectivity index (χ2v) is 4.69. The summed E-state index contributed by atoms with van der Waals surface area (Å²) >= 11 is 0. The summed E-state index contributed by atoms with van der Waals surface area (Å²) in [7, 11) is 0. The molecule has 0 spiro atoms. The third-order valence-electron chi connectivity index (χ3n) is 3.13. The average molecular weight is 258 g/mol. The van der Waals surface area contributed by atoms with Crippen LogP contribution in [0.4, 0.5) is 24.5 Å². The fourth-order valence-corrected chi connectivity index (χ4v) is 2.12. The first-order valence-electron chi connectivity index (χ1n) is 6.17. The Hall–Kier alpha value is -1.39. The van der Waals surface area contributed by atoms with E-state index in [0.717, 1.165) is 25.8 Å². The smallest absolute Gasteiger partial charge is 0.398 e. The number of hydrogen-bond acceptors (Lipinski definition) is 2. The van der Waals surface area contributed by atoms with E-state index in [2.05, 4.69) is 4.90 Å². The van der Waals surface area contributed by atoms with Crippen LogP contribution < -0.4 is 10.6 Å². The quantitative estimate of drug-likeness (QED) is 0.835. The van der Waals surface area contributed by atoms with Crippen LogP contribution in [0.25, 0.3) is 0 Å².